The van der Waals surface area contributed by atoms with Gasteiger partial charge in [-0.2, -0.15) is 0 Å². The van der Waals surface area contributed by atoms with Gasteiger partial charge in [0.2, 0.25) is 11.7 Å². The zero-order chi connectivity index (χ0) is 21.8. The summed E-state index contributed by atoms with van der Waals surface area (Å²) in [7, 11) is 4.55. The lowest BCUT2D eigenvalue weighted by atomic mass is 10.1. The van der Waals surface area contributed by atoms with Gasteiger partial charge in [0.15, 0.2) is 11.5 Å². The van der Waals surface area contributed by atoms with Crippen molar-refractivity contribution in [3.05, 3.63) is 52.6 Å². The second kappa shape index (κ2) is 8.86. The number of amides is 3. The molecule has 1 heterocycles. The molecule has 2 aromatic rings. The van der Waals surface area contributed by atoms with Crippen LogP contribution in [0.15, 0.2) is 30.3 Å². The molecule has 0 unspecified atom stereocenters. The number of benzene rings is 2. The van der Waals surface area contributed by atoms with Gasteiger partial charge in [-0.15, -0.1) is 0 Å². The molecule has 0 radical (unpaired) electrons. The first-order valence-electron chi connectivity index (χ1n) is 9.42. The van der Waals surface area contributed by atoms with E-state index >= 15 is 0 Å². The third-order valence-electron chi connectivity index (χ3n) is 4.90. The van der Waals surface area contributed by atoms with Crippen LogP contribution in [0, 0.1) is 6.92 Å². The van der Waals surface area contributed by atoms with Gasteiger partial charge in [0.05, 0.1) is 32.5 Å². The van der Waals surface area contributed by atoms with E-state index in [9.17, 15) is 14.4 Å². The van der Waals surface area contributed by atoms with E-state index in [4.69, 9.17) is 14.2 Å². The van der Waals surface area contributed by atoms with Gasteiger partial charge in [-0.3, -0.25) is 19.3 Å². The predicted molar refractivity (Wildman–Crippen MR) is 109 cm³/mol. The minimum Gasteiger partial charge on any atom is -0.493 e. The first kappa shape index (κ1) is 21.2. The topological polar surface area (TPSA) is 94.2 Å². The Hall–Kier alpha value is -3.55. The number of nitrogens with zero attached hydrogens (tertiary/aromatic N) is 1. The molecule has 1 aliphatic rings. The third-order valence-corrected chi connectivity index (χ3v) is 4.90. The molecule has 0 aliphatic carbocycles. The summed E-state index contributed by atoms with van der Waals surface area (Å²) in [5.41, 5.74) is 2.43. The lowest BCUT2D eigenvalue weighted by Crippen LogP contribution is -2.34. The van der Waals surface area contributed by atoms with E-state index in [1.54, 1.807) is 30.3 Å². The molecule has 3 rings (SSSR count). The van der Waals surface area contributed by atoms with Gasteiger partial charge >= 0.3 is 0 Å². The molecule has 3 amide bonds. The number of methoxy groups -OCH3 is 3. The van der Waals surface area contributed by atoms with Crippen LogP contribution in [0.3, 0.4) is 0 Å². The Morgan fingerprint density at radius 1 is 0.933 bits per heavy atom. The number of hydrogen-bond donors (Lipinski definition) is 1. The Morgan fingerprint density at radius 3 is 2.17 bits per heavy atom. The van der Waals surface area contributed by atoms with Crippen molar-refractivity contribution >= 4 is 17.7 Å². The number of ether oxygens (including phenoxy) is 3. The summed E-state index contributed by atoms with van der Waals surface area (Å²) >= 11 is 0. The zero-order valence-corrected chi connectivity index (χ0v) is 17.4. The van der Waals surface area contributed by atoms with Crippen LogP contribution >= 0.6 is 0 Å². The molecule has 2 aromatic carbocycles. The fourth-order valence-electron chi connectivity index (χ4n) is 3.35. The molecule has 0 saturated carbocycles. The highest BCUT2D eigenvalue weighted by Crippen LogP contribution is 2.38. The maximum absolute atomic E-state index is 12.5. The monoisotopic (exact) mass is 412 g/mol. The number of imide groups is 1. The SMILES string of the molecule is COc1cc(CNC(=O)CCN2C(=O)c3ccc(C)cc3C2=O)cc(OC)c1OC. The van der Waals surface area contributed by atoms with Gasteiger partial charge in [0.1, 0.15) is 0 Å². The molecule has 0 atom stereocenters. The van der Waals surface area contributed by atoms with Crippen molar-refractivity contribution in [2.45, 2.75) is 19.9 Å². The summed E-state index contributed by atoms with van der Waals surface area (Å²) in [5.74, 6) is 0.431. The molecule has 1 N–H and O–H groups in total. The number of hydrogen-bond acceptors (Lipinski definition) is 6. The Kier molecular flexibility index (Phi) is 6.25. The van der Waals surface area contributed by atoms with Crippen LogP contribution in [0.25, 0.3) is 0 Å². The predicted octanol–water partition coefficient (Wildman–Crippen LogP) is 2.32. The van der Waals surface area contributed by atoms with Crippen molar-refractivity contribution < 1.29 is 28.6 Å². The highest BCUT2D eigenvalue weighted by atomic mass is 16.5. The van der Waals surface area contributed by atoms with E-state index in [1.807, 2.05) is 6.92 Å². The van der Waals surface area contributed by atoms with E-state index in [-0.39, 0.29) is 37.2 Å². The van der Waals surface area contributed by atoms with Gasteiger partial charge in [-0.05, 0) is 36.8 Å². The standard InChI is InChI=1S/C22H24N2O6/c1-13-5-6-15-16(9-13)22(27)24(21(15)26)8-7-19(25)23-12-14-10-17(28-2)20(30-4)18(11-14)29-3/h5-6,9-11H,7-8,12H2,1-4H3,(H,23,25). The largest absolute Gasteiger partial charge is 0.493 e. The number of nitrogens with one attached hydrogen (secondary N) is 1. The molecule has 8 nitrogen and oxygen atoms in total. The van der Waals surface area contributed by atoms with Gasteiger partial charge in [0.25, 0.3) is 11.8 Å². The highest BCUT2D eigenvalue weighted by molar-refractivity contribution is 6.21. The minimum absolute atomic E-state index is 0.00880. The van der Waals surface area contributed by atoms with E-state index < -0.39 is 0 Å². The maximum Gasteiger partial charge on any atom is 0.261 e. The normalized spacial score (nSPS) is 12.6. The van der Waals surface area contributed by atoms with Crippen LogP contribution in [0.1, 0.15) is 38.3 Å². The second-order valence-electron chi connectivity index (χ2n) is 6.87. The summed E-state index contributed by atoms with van der Waals surface area (Å²) in [4.78, 5) is 38.3. The molecule has 30 heavy (non-hydrogen) atoms. The van der Waals surface area contributed by atoms with E-state index in [0.717, 1.165) is 16.0 Å². The molecule has 0 saturated heterocycles. The second-order valence-corrected chi connectivity index (χ2v) is 6.87. The Balaban J connectivity index is 1.60. The maximum atomic E-state index is 12.5. The summed E-state index contributed by atoms with van der Waals surface area (Å²) in [6, 6.07) is 8.62. The smallest absolute Gasteiger partial charge is 0.261 e. The van der Waals surface area contributed by atoms with Crippen LogP contribution in [-0.2, 0) is 11.3 Å². The van der Waals surface area contributed by atoms with Crippen molar-refractivity contribution in [3.63, 3.8) is 0 Å². The van der Waals surface area contributed by atoms with Crippen LogP contribution in [-0.4, -0.2) is 50.5 Å². The molecule has 0 aromatic heterocycles. The van der Waals surface area contributed by atoms with E-state index in [2.05, 4.69) is 5.32 Å². The van der Waals surface area contributed by atoms with Crippen LogP contribution in [0.5, 0.6) is 17.2 Å². The number of rotatable bonds is 8. The van der Waals surface area contributed by atoms with Gasteiger partial charge in [-0.1, -0.05) is 11.6 Å². The Morgan fingerprint density at radius 2 is 1.57 bits per heavy atom. The minimum atomic E-state index is -0.368. The number of aryl methyl sites for hydroxylation is 1. The first-order chi connectivity index (χ1) is 14.4. The average molecular weight is 412 g/mol. The van der Waals surface area contributed by atoms with Crippen molar-refractivity contribution in [2.24, 2.45) is 0 Å². The summed E-state index contributed by atoms with van der Waals surface area (Å²) < 4.78 is 15.9. The van der Waals surface area contributed by atoms with Gasteiger partial charge < -0.3 is 19.5 Å². The van der Waals surface area contributed by atoms with Crippen molar-refractivity contribution in [2.75, 3.05) is 27.9 Å². The number of carbonyl (C=O) groups is 3. The molecule has 8 heteroatoms. The van der Waals surface area contributed by atoms with Crippen LogP contribution < -0.4 is 19.5 Å². The van der Waals surface area contributed by atoms with Crippen molar-refractivity contribution in [3.8, 4) is 17.2 Å². The lowest BCUT2D eigenvalue weighted by Gasteiger charge is -2.15. The fourth-order valence-corrected chi connectivity index (χ4v) is 3.35. The zero-order valence-electron chi connectivity index (χ0n) is 17.4. The average Bonchev–Trinajstić information content (AvgIpc) is 2.98. The summed E-state index contributed by atoms with van der Waals surface area (Å²) in [5, 5.41) is 2.78. The lowest BCUT2D eigenvalue weighted by molar-refractivity contribution is -0.121. The van der Waals surface area contributed by atoms with Crippen LogP contribution in [0.2, 0.25) is 0 Å². The summed E-state index contributed by atoms with van der Waals surface area (Å²) in [6.07, 6.45) is 0.00880. The van der Waals surface area contributed by atoms with Crippen molar-refractivity contribution in [1.82, 2.24) is 10.2 Å². The van der Waals surface area contributed by atoms with Gasteiger partial charge in [0, 0.05) is 19.5 Å². The quantitative estimate of drug-likeness (QED) is 0.669. The molecule has 0 fully saturated rings. The first-order valence-corrected chi connectivity index (χ1v) is 9.42. The van der Waals surface area contributed by atoms with Gasteiger partial charge in [-0.25, -0.2) is 0 Å². The molecule has 0 spiro atoms. The Labute approximate surface area is 174 Å². The molecule has 1 aliphatic heterocycles. The Bertz CT molecular complexity index is 976. The molecular weight excluding hydrogens is 388 g/mol. The molecular formula is C22H24N2O6. The van der Waals surface area contributed by atoms with E-state index in [0.29, 0.717) is 28.4 Å². The highest BCUT2D eigenvalue weighted by Gasteiger charge is 2.35. The van der Waals surface area contributed by atoms with Crippen LogP contribution in [0.4, 0.5) is 0 Å². The molecule has 158 valence electrons. The van der Waals surface area contributed by atoms with Crippen molar-refractivity contribution in [1.29, 1.82) is 0 Å². The third kappa shape index (κ3) is 4.07. The number of carbonyl (C=O) groups excluding carboxylic acids is 3. The number of fused-ring (bicyclic) bond motifs is 1. The molecule has 0 bridgehead atoms. The summed E-state index contributed by atoms with van der Waals surface area (Å²) in [6.45, 7) is 2.11. The van der Waals surface area contributed by atoms with E-state index in [1.165, 1.54) is 21.3 Å². The fraction of sp³-hybridized carbons (Fsp3) is 0.318.